The largest absolute Gasteiger partial charge is 0.238 e. The molecule has 0 bridgehead atoms. The summed E-state index contributed by atoms with van der Waals surface area (Å²) in [6, 6.07) is 1.79. The van der Waals surface area contributed by atoms with E-state index in [4.69, 9.17) is 5.26 Å². The standard InChI is InChI=1S/C15H20FN3/c1-2-3-4-11-5-7-12(8-6-11)15-14(16)13(9-17)18-10-19-15/h10-12H,2-8H2,1H3. The highest BCUT2D eigenvalue weighted by Crippen LogP contribution is 2.37. The quantitative estimate of drug-likeness (QED) is 0.824. The van der Waals surface area contributed by atoms with E-state index in [0.717, 1.165) is 31.6 Å². The molecule has 102 valence electrons. The van der Waals surface area contributed by atoms with Crippen molar-refractivity contribution >= 4 is 0 Å². The Kier molecular flexibility index (Phi) is 4.84. The van der Waals surface area contributed by atoms with Gasteiger partial charge in [0.25, 0.3) is 0 Å². The van der Waals surface area contributed by atoms with E-state index in [1.165, 1.54) is 25.6 Å². The van der Waals surface area contributed by atoms with Crippen LogP contribution in [0, 0.1) is 23.1 Å². The van der Waals surface area contributed by atoms with Gasteiger partial charge in [-0.1, -0.05) is 26.2 Å². The van der Waals surface area contributed by atoms with Gasteiger partial charge in [0.15, 0.2) is 11.5 Å². The van der Waals surface area contributed by atoms with Crippen molar-refractivity contribution in [3.8, 4) is 6.07 Å². The smallest absolute Gasteiger partial charge is 0.181 e. The maximum atomic E-state index is 14.0. The molecule has 0 radical (unpaired) electrons. The molecule has 2 rings (SSSR count). The second kappa shape index (κ2) is 6.60. The van der Waals surface area contributed by atoms with Crippen LogP contribution in [-0.4, -0.2) is 9.97 Å². The van der Waals surface area contributed by atoms with Crippen molar-refractivity contribution in [3.63, 3.8) is 0 Å². The first-order valence-electron chi connectivity index (χ1n) is 7.16. The number of rotatable bonds is 4. The molecule has 4 heteroatoms. The van der Waals surface area contributed by atoms with Gasteiger partial charge in [0.1, 0.15) is 12.4 Å². The van der Waals surface area contributed by atoms with E-state index in [2.05, 4.69) is 16.9 Å². The molecule has 0 aromatic carbocycles. The summed E-state index contributed by atoms with van der Waals surface area (Å²) in [5.74, 6) is 0.437. The second-order valence-electron chi connectivity index (χ2n) is 5.39. The fourth-order valence-electron chi connectivity index (χ4n) is 2.96. The number of nitriles is 1. The molecule has 0 amide bonds. The molecule has 1 fully saturated rings. The van der Waals surface area contributed by atoms with E-state index < -0.39 is 5.82 Å². The Bertz CT molecular complexity index is 459. The van der Waals surface area contributed by atoms with Crippen molar-refractivity contribution in [2.45, 2.75) is 57.8 Å². The molecule has 0 aliphatic heterocycles. The molecule has 19 heavy (non-hydrogen) atoms. The third kappa shape index (κ3) is 3.28. The van der Waals surface area contributed by atoms with Gasteiger partial charge in [-0.3, -0.25) is 0 Å². The van der Waals surface area contributed by atoms with Crippen molar-refractivity contribution in [2.75, 3.05) is 0 Å². The predicted molar refractivity (Wildman–Crippen MR) is 70.9 cm³/mol. The summed E-state index contributed by atoms with van der Waals surface area (Å²) >= 11 is 0. The van der Waals surface area contributed by atoms with Crippen LogP contribution >= 0.6 is 0 Å². The SMILES string of the molecule is CCCCC1CCC(c2ncnc(C#N)c2F)CC1. The molecule has 0 N–H and O–H groups in total. The average Bonchev–Trinajstić information content (AvgIpc) is 2.46. The summed E-state index contributed by atoms with van der Waals surface area (Å²) in [6.07, 6.45) is 9.38. The molecule has 0 unspecified atom stereocenters. The Morgan fingerprint density at radius 2 is 2.05 bits per heavy atom. The van der Waals surface area contributed by atoms with Gasteiger partial charge < -0.3 is 0 Å². The van der Waals surface area contributed by atoms with E-state index in [-0.39, 0.29) is 11.6 Å². The van der Waals surface area contributed by atoms with Crippen LogP contribution in [0.5, 0.6) is 0 Å². The number of aromatic nitrogens is 2. The van der Waals surface area contributed by atoms with Crippen molar-refractivity contribution in [1.29, 1.82) is 5.26 Å². The summed E-state index contributed by atoms with van der Waals surface area (Å²) in [5, 5.41) is 8.80. The number of halogens is 1. The highest BCUT2D eigenvalue weighted by Gasteiger charge is 2.26. The molecular formula is C15H20FN3. The van der Waals surface area contributed by atoms with Gasteiger partial charge in [-0.2, -0.15) is 5.26 Å². The lowest BCUT2D eigenvalue weighted by Gasteiger charge is -2.28. The molecule has 1 saturated carbocycles. The van der Waals surface area contributed by atoms with Crippen LogP contribution in [-0.2, 0) is 0 Å². The maximum Gasteiger partial charge on any atom is 0.181 e. The lowest BCUT2D eigenvalue weighted by atomic mass is 9.78. The first-order valence-corrected chi connectivity index (χ1v) is 7.16. The molecule has 0 saturated heterocycles. The van der Waals surface area contributed by atoms with Crippen molar-refractivity contribution in [3.05, 3.63) is 23.5 Å². The minimum Gasteiger partial charge on any atom is -0.238 e. The van der Waals surface area contributed by atoms with Crippen LogP contribution in [0.2, 0.25) is 0 Å². The fourth-order valence-corrected chi connectivity index (χ4v) is 2.96. The first-order chi connectivity index (χ1) is 9.26. The highest BCUT2D eigenvalue weighted by atomic mass is 19.1. The zero-order valence-corrected chi connectivity index (χ0v) is 11.4. The van der Waals surface area contributed by atoms with Crippen LogP contribution in [0.15, 0.2) is 6.33 Å². The van der Waals surface area contributed by atoms with Crippen LogP contribution in [0.3, 0.4) is 0 Å². The van der Waals surface area contributed by atoms with Crippen LogP contribution < -0.4 is 0 Å². The van der Waals surface area contributed by atoms with Gasteiger partial charge in [-0.15, -0.1) is 0 Å². The monoisotopic (exact) mass is 261 g/mol. The Balaban J connectivity index is 2.00. The maximum absolute atomic E-state index is 14.0. The molecule has 0 atom stereocenters. The third-order valence-corrected chi connectivity index (χ3v) is 4.12. The normalized spacial score (nSPS) is 23.0. The Morgan fingerprint density at radius 1 is 1.32 bits per heavy atom. The number of nitrogens with zero attached hydrogens (tertiary/aromatic N) is 3. The summed E-state index contributed by atoms with van der Waals surface area (Å²) in [5.41, 5.74) is 0.318. The lowest BCUT2D eigenvalue weighted by molar-refractivity contribution is 0.297. The molecule has 3 nitrogen and oxygen atoms in total. The topological polar surface area (TPSA) is 49.6 Å². The van der Waals surface area contributed by atoms with Gasteiger partial charge in [0, 0.05) is 5.92 Å². The lowest BCUT2D eigenvalue weighted by Crippen LogP contribution is -2.16. The second-order valence-corrected chi connectivity index (χ2v) is 5.39. The summed E-state index contributed by atoms with van der Waals surface area (Å²) in [7, 11) is 0. The van der Waals surface area contributed by atoms with Gasteiger partial charge >= 0.3 is 0 Å². The Hall–Kier alpha value is -1.50. The number of unbranched alkanes of at least 4 members (excludes halogenated alkanes) is 1. The van der Waals surface area contributed by atoms with Crippen LogP contribution in [0.1, 0.15) is 69.2 Å². The summed E-state index contributed by atoms with van der Waals surface area (Å²) < 4.78 is 14.0. The van der Waals surface area contributed by atoms with Crippen molar-refractivity contribution in [2.24, 2.45) is 5.92 Å². The molecule has 1 aromatic rings. The summed E-state index contributed by atoms with van der Waals surface area (Å²) in [4.78, 5) is 7.72. The average molecular weight is 261 g/mol. The van der Waals surface area contributed by atoms with Gasteiger partial charge in [-0.05, 0) is 31.6 Å². The molecule has 1 aromatic heterocycles. The van der Waals surface area contributed by atoms with E-state index in [1.54, 1.807) is 6.07 Å². The van der Waals surface area contributed by atoms with Gasteiger partial charge in [-0.25, -0.2) is 14.4 Å². The zero-order chi connectivity index (χ0) is 13.7. The van der Waals surface area contributed by atoms with Crippen LogP contribution in [0.4, 0.5) is 4.39 Å². The fraction of sp³-hybridized carbons (Fsp3) is 0.667. The van der Waals surface area contributed by atoms with E-state index in [0.29, 0.717) is 5.69 Å². The molecular weight excluding hydrogens is 241 g/mol. The van der Waals surface area contributed by atoms with Crippen molar-refractivity contribution < 1.29 is 4.39 Å². The molecule has 0 spiro atoms. The molecule has 1 aliphatic carbocycles. The van der Waals surface area contributed by atoms with Crippen LogP contribution in [0.25, 0.3) is 0 Å². The number of hydrogen-bond donors (Lipinski definition) is 0. The Morgan fingerprint density at radius 3 is 2.68 bits per heavy atom. The first kappa shape index (κ1) is 13.9. The number of hydrogen-bond acceptors (Lipinski definition) is 3. The predicted octanol–water partition coefficient (Wildman–Crippen LogP) is 3.95. The third-order valence-electron chi connectivity index (χ3n) is 4.12. The zero-order valence-electron chi connectivity index (χ0n) is 11.4. The van der Waals surface area contributed by atoms with E-state index in [9.17, 15) is 4.39 Å². The van der Waals surface area contributed by atoms with E-state index in [1.807, 2.05) is 0 Å². The highest BCUT2D eigenvalue weighted by molar-refractivity contribution is 5.25. The molecule has 1 aliphatic rings. The van der Waals surface area contributed by atoms with Gasteiger partial charge in [0.2, 0.25) is 0 Å². The minimum atomic E-state index is -0.512. The minimum absolute atomic E-state index is 0.127. The summed E-state index contributed by atoms with van der Waals surface area (Å²) in [6.45, 7) is 2.21. The van der Waals surface area contributed by atoms with E-state index >= 15 is 0 Å². The molecule has 1 heterocycles. The Labute approximate surface area is 113 Å². The van der Waals surface area contributed by atoms with Gasteiger partial charge in [0.05, 0.1) is 5.69 Å². The van der Waals surface area contributed by atoms with Crippen molar-refractivity contribution in [1.82, 2.24) is 9.97 Å².